The predicted octanol–water partition coefficient (Wildman–Crippen LogP) is 2.81. The summed E-state index contributed by atoms with van der Waals surface area (Å²) in [5.74, 6) is 0.254. The number of hydrogen-bond acceptors (Lipinski definition) is 5. The van der Waals surface area contributed by atoms with Crippen molar-refractivity contribution in [3.8, 4) is 23.0 Å². The van der Waals surface area contributed by atoms with Gasteiger partial charge in [0.25, 0.3) is 0 Å². The standard InChI is InChI=1S/C16H14O5/c1-20-11-4-2-9(3-5-11)15-8-13(18)12-6-10(17)7-14(19)16(12)21-15/h2-7,15,17,19H,8H2,1H3/t15-/m1/s1. The molecule has 2 aromatic rings. The van der Waals surface area contributed by atoms with Gasteiger partial charge in [-0.25, -0.2) is 0 Å². The molecule has 5 nitrogen and oxygen atoms in total. The van der Waals surface area contributed by atoms with Gasteiger partial charge in [-0.05, 0) is 23.8 Å². The van der Waals surface area contributed by atoms with Crippen molar-refractivity contribution in [2.24, 2.45) is 0 Å². The van der Waals surface area contributed by atoms with E-state index in [1.807, 2.05) is 12.1 Å². The maximum atomic E-state index is 12.2. The highest BCUT2D eigenvalue weighted by Crippen LogP contribution is 2.42. The number of phenols is 2. The van der Waals surface area contributed by atoms with Crippen LogP contribution in [0.1, 0.15) is 28.4 Å². The van der Waals surface area contributed by atoms with E-state index in [1.54, 1.807) is 19.2 Å². The molecule has 0 saturated heterocycles. The SMILES string of the molecule is COc1ccc([C@H]2CC(=O)c3cc(O)cc(O)c3O2)cc1. The first-order chi connectivity index (χ1) is 10.1. The van der Waals surface area contributed by atoms with Gasteiger partial charge in [0.2, 0.25) is 0 Å². The molecule has 5 heteroatoms. The van der Waals surface area contributed by atoms with E-state index >= 15 is 0 Å². The van der Waals surface area contributed by atoms with Crippen molar-refractivity contribution < 1.29 is 24.5 Å². The summed E-state index contributed by atoms with van der Waals surface area (Å²) in [6, 6.07) is 9.67. The maximum absolute atomic E-state index is 12.2. The van der Waals surface area contributed by atoms with Crippen molar-refractivity contribution in [3.05, 3.63) is 47.5 Å². The summed E-state index contributed by atoms with van der Waals surface area (Å²) in [7, 11) is 1.58. The molecule has 0 amide bonds. The van der Waals surface area contributed by atoms with E-state index in [1.165, 1.54) is 6.07 Å². The Balaban J connectivity index is 1.95. The van der Waals surface area contributed by atoms with E-state index in [0.29, 0.717) is 5.75 Å². The minimum atomic E-state index is -0.466. The molecule has 3 rings (SSSR count). The second kappa shape index (κ2) is 5.01. The van der Waals surface area contributed by atoms with Crippen LogP contribution < -0.4 is 9.47 Å². The Labute approximate surface area is 121 Å². The van der Waals surface area contributed by atoms with Gasteiger partial charge in [-0.1, -0.05) is 12.1 Å². The van der Waals surface area contributed by atoms with Crippen molar-refractivity contribution in [3.63, 3.8) is 0 Å². The van der Waals surface area contributed by atoms with Gasteiger partial charge in [0.05, 0.1) is 19.1 Å². The molecule has 0 aliphatic carbocycles. The summed E-state index contributed by atoms with van der Waals surface area (Å²) >= 11 is 0. The highest BCUT2D eigenvalue weighted by molar-refractivity contribution is 6.01. The number of carbonyl (C=O) groups excluding carboxylic acids is 1. The lowest BCUT2D eigenvalue weighted by Gasteiger charge is -2.26. The molecule has 1 aliphatic heterocycles. The van der Waals surface area contributed by atoms with Crippen molar-refractivity contribution in [1.82, 2.24) is 0 Å². The summed E-state index contributed by atoms with van der Waals surface area (Å²) in [5, 5.41) is 19.3. The number of benzene rings is 2. The number of ether oxygens (including phenoxy) is 2. The van der Waals surface area contributed by atoms with Gasteiger partial charge in [0, 0.05) is 6.07 Å². The average molecular weight is 286 g/mol. The van der Waals surface area contributed by atoms with Crippen LogP contribution in [0.2, 0.25) is 0 Å². The van der Waals surface area contributed by atoms with E-state index in [2.05, 4.69) is 0 Å². The number of aromatic hydroxyl groups is 2. The van der Waals surface area contributed by atoms with E-state index in [4.69, 9.17) is 9.47 Å². The minimum absolute atomic E-state index is 0.116. The number of rotatable bonds is 2. The molecule has 21 heavy (non-hydrogen) atoms. The second-order valence-electron chi connectivity index (χ2n) is 4.85. The van der Waals surface area contributed by atoms with Crippen LogP contribution in [0.3, 0.4) is 0 Å². The lowest BCUT2D eigenvalue weighted by atomic mass is 9.96. The second-order valence-corrected chi connectivity index (χ2v) is 4.85. The Morgan fingerprint density at radius 2 is 1.90 bits per heavy atom. The predicted molar refractivity (Wildman–Crippen MR) is 75.1 cm³/mol. The van der Waals surface area contributed by atoms with Crippen LogP contribution in [0.5, 0.6) is 23.0 Å². The Hall–Kier alpha value is -2.69. The number of phenolic OH excluding ortho intramolecular Hbond substituents is 2. The van der Waals surface area contributed by atoms with Gasteiger partial charge in [0.15, 0.2) is 17.3 Å². The zero-order chi connectivity index (χ0) is 15.0. The molecular weight excluding hydrogens is 272 g/mol. The van der Waals surface area contributed by atoms with Crippen LogP contribution in [-0.4, -0.2) is 23.1 Å². The van der Waals surface area contributed by atoms with Crippen LogP contribution in [0.15, 0.2) is 36.4 Å². The quantitative estimate of drug-likeness (QED) is 0.887. The van der Waals surface area contributed by atoms with Crippen molar-refractivity contribution >= 4 is 5.78 Å². The number of Topliss-reactive ketones (excluding diaryl/α,β-unsaturated/α-hetero) is 1. The fourth-order valence-electron chi connectivity index (χ4n) is 2.40. The van der Waals surface area contributed by atoms with E-state index in [9.17, 15) is 15.0 Å². The zero-order valence-electron chi connectivity index (χ0n) is 11.4. The minimum Gasteiger partial charge on any atom is -0.508 e. The summed E-state index contributed by atoms with van der Waals surface area (Å²) in [6.07, 6.45) is -0.311. The Morgan fingerprint density at radius 3 is 2.57 bits per heavy atom. The number of methoxy groups -OCH3 is 1. The molecule has 1 heterocycles. The molecule has 2 aromatic carbocycles. The molecule has 108 valence electrons. The third-order valence-electron chi connectivity index (χ3n) is 3.47. The van der Waals surface area contributed by atoms with Crippen molar-refractivity contribution in [1.29, 1.82) is 0 Å². The van der Waals surface area contributed by atoms with Gasteiger partial charge in [-0.2, -0.15) is 0 Å². The largest absolute Gasteiger partial charge is 0.508 e. The lowest BCUT2D eigenvalue weighted by molar-refractivity contribution is 0.0841. The van der Waals surface area contributed by atoms with E-state index in [-0.39, 0.29) is 35.0 Å². The molecule has 0 aromatic heterocycles. The average Bonchev–Trinajstić information content (AvgIpc) is 2.48. The maximum Gasteiger partial charge on any atom is 0.172 e. The Kier molecular flexibility index (Phi) is 3.17. The molecule has 1 aliphatic rings. The smallest absolute Gasteiger partial charge is 0.172 e. The monoisotopic (exact) mass is 286 g/mol. The molecule has 2 N–H and O–H groups in total. The third-order valence-corrected chi connectivity index (χ3v) is 3.47. The van der Waals surface area contributed by atoms with E-state index in [0.717, 1.165) is 11.6 Å². The van der Waals surface area contributed by atoms with Crippen LogP contribution >= 0.6 is 0 Å². The van der Waals surface area contributed by atoms with Gasteiger partial charge < -0.3 is 19.7 Å². The fraction of sp³-hybridized carbons (Fsp3) is 0.188. The van der Waals surface area contributed by atoms with Crippen LogP contribution in [0.25, 0.3) is 0 Å². The van der Waals surface area contributed by atoms with E-state index < -0.39 is 6.10 Å². The van der Waals surface area contributed by atoms with Gasteiger partial charge in [-0.3, -0.25) is 4.79 Å². The highest BCUT2D eigenvalue weighted by Gasteiger charge is 2.30. The number of carbonyl (C=O) groups is 1. The number of fused-ring (bicyclic) bond motifs is 1. The third kappa shape index (κ3) is 2.38. The topological polar surface area (TPSA) is 76.0 Å². The molecule has 0 bridgehead atoms. The van der Waals surface area contributed by atoms with Crippen LogP contribution in [0.4, 0.5) is 0 Å². The summed E-state index contributed by atoms with van der Waals surface area (Å²) < 4.78 is 10.8. The van der Waals surface area contributed by atoms with Gasteiger partial charge in [0.1, 0.15) is 17.6 Å². The highest BCUT2D eigenvalue weighted by atomic mass is 16.5. The fourth-order valence-corrected chi connectivity index (χ4v) is 2.40. The molecule has 0 spiro atoms. The Morgan fingerprint density at radius 1 is 1.19 bits per heavy atom. The first-order valence-corrected chi connectivity index (χ1v) is 6.48. The molecule has 0 radical (unpaired) electrons. The summed E-state index contributed by atoms with van der Waals surface area (Å²) in [4.78, 5) is 12.2. The summed E-state index contributed by atoms with van der Waals surface area (Å²) in [5.41, 5.74) is 1.03. The molecule has 0 unspecified atom stereocenters. The normalized spacial score (nSPS) is 17.0. The summed E-state index contributed by atoms with van der Waals surface area (Å²) in [6.45, 7) is 0. The molecular formula is C16H14O5. The molecule has 0 saturated carbocycles. The zero-order valence-corrected chi connectivity index (χ0v) is 11.4. The first-order valence-electron chi connectivity index (χ1n) is 6.48. The molecule has 0 fully saturated rings. The number of hydrogen-bond donors (Lipinski definition) is 2. The molecule has 1 atom stereocenters. The first kappa shape index (κ1) is 13.3. The number of ketones is 1. The van der Waals surface area contributed by atoms with Gasteiger partial charge in [-0.15, -0.1) is 0 Å². The lowest BCUT2D eigenvalue weighted by Crippen LogP contribution is -2.20. The van der Waals surface area contributed by atoms with Gasteiger partial charge >= 0.3 is 0 Å². The van der Waals surface area contributed by atoms with Crippen molar-refractivity contribution in [2.75, 3.05) is 7.11 Å². The van der Waals surface area contributed by atoms with Crippen LogP contribution in [0, 0.1) is 0 Å². The Bertz CT molecular complexity index is 691. The van der Waals surface area contributed by atoms with Crippen LogP contribution in [-0.2, 0) is 0 Å². The van der Waals surface area contributed by atoms with Crippen molar-refractivity contribution in [2.45, 2.75) is 12.5 Å².